The molecule has 4 nitrogen and oxygen atoms in total. The summed E-state index contributed by atoms with van der Waals surface area (Å²) in [5.41, 5.74) is 6.33. The van der Waals surface area contributed by atoms with Gasteiger partial charge < -0.3 is 20.3 Å². The van der Waals surface area contributed by atoms with Gasteiger partial charge in [0.05, 0.1) is 25.9 Å². The quantitative estimate of drug-likeness (QED) is 0.418. The largest absolute Gasteiger partial charge is 0.399 e. The van der Waals surface area contributed by atoms with Gasteiger partial charge in [0.1, 0.15) is 0 Å². The van der Waals surface area contributed by atoms with Crippen molar-refractivity contribution in [1.82, 2.24) is 0 Å². The number of methoxy groups -OCH3 is 1. The molecule has 0 saturated carbocycles. The molecule has 1 rings (SSSR count). The second-order valence-electron chi connectivity index (χ2n) is 3.60. The minimum atomic E-state index is -0.464. The van der Waals surface area contributed by atoms with Crippen LogP contribution in [0.5, 0.6) is 0 Å². The van der Waals surface area contributed by atoms with E-state index in [0.29, 0.717) is 25.6 Å². The highest BCUT2D eigenvalue weighted by molar-refractivity contribution is 7.99. The maximum absolute atomic E-state index is 9.65. The molecule has 96 valence electrons. The summed E-state index contributed by atoms with van der Waals surface area (Å²) in [4.78, 5) is 1.09. The molecule has 0 aliphatic carbocycles. The lowest BCUT2D eigenvalue weighted by Gasteiger charge is -2.10. The monoisotopic (exact) mass is 257 g/mol. The van der Waals surface area contributed by atoms with Gasteiger partial charge in [-0.3, -0.25) is 0 Å². The topological polar surface area (TPSA) is 64.7 Å². The average molecular weight is 257 g/mol. The first-order chi connectivity index (χ1) is 8.22. The predicted molar refractivity (Wildman–Crippen MR) is 70.3 cm³/mol. The Labute approximate surface area is 106 Å². The molecule has 1 aromatic rings. The van der Waals surface area contributed by atoms with Crippen LogP contribution in [0.1, 0.15) is 0 Å². The van der Waals surface area contributed by atoms with Crippen LogP contribution in [-0.4, -0.2) is 43.9 Å². The fourth-order valence-corrected chi connectivity index (χ4v) is 1.98. The lowest BCUT2D eigenvalue weighted by molar-refractivity contribution is 0.0218. The Morgan fingerprint density at radius 1 is 1.29 bits per heavy atom. The third kappa shape index (κ3) is 6.53. The molecule has 0 heterocycles. The number of ether oxygens (including phenoxy) is 2. The lowest BCUT2D eigenvalue weighted by atomic mass is 10.3. The van der Waals surface area contributed by atoms with Crippen molar-refractivity contribution < 1.29 is 14.6 Å². The third-order valence-corrected chi connectivity index (χ3v) is 3.22. The standard InChI is InChI=1S/C12H19NO3S/c1-15-6-7-16-8-11(14)9-17-12-4-2-10(13)3-5-12/h2-5,11,14H,6-9,13H2,1H3. The molecule has 0 aliphatic heterocycles. The molecular formula is C12H19NO3S. The molecule has 0 aromatic heterocycles. The molecule has 0 amide bonds. The highest BCUT2D eigenvalue weighted by Gasteiger charge is 2.05. The number of rotatable bonds is 8. The Hall–Kier alpha value is -0.750. The minimum Gasteiger partial charge on any atom is -0.399 e. The molecule has 3 N–H and O–H groups in total. The van der Waals surface area contributed by atoms with E-state index in [4.69, 9.17) is 15.2 Å². The van der Waals surface area contributed by atoms with Gasteiger partial charge in [-0.05, 0) is 24.3 Å². The Kier molecular flexibility index (Phi) is 7.04. The predicted octanol–water partition coefficient (Wildman–Crippen LogP) is 1.38. The summed E-state index contributed by atoms with van der Waals surface area (Å²) in [5.74, 6) is 0.608. The fraction of sp³-hybridized carbons (Fsp3) is 0.500. The Balaban J connectivity index is 2.14. The number of nitrogens with two attached hydrogens (primary N) is 1. The van der Waals surface area contributed by atoms with Crippen LogP contribution in [0.15, 0.2) is 29.2 Å². The highest BCUT2D eigenvalue weighted by atomic mass is 32.2. The number of hydrogen-bond acceptors (Lipinski definition) is 5. The summed E-state index contributed by atoms with van der Waals surface area (Å²) in [7, 11) is 1.62. The maximum Gasteiger partial charge on any atom is 0.0867 e. The number of aliphatic hydroxyl groups is 1. The number of anilines is 1. The van der Waals surface area contributed by atoms with Gasteiger partial charge in [-0.2, -0.15) is 0 Å². The van der Waals surface area contributed by atoms with Gasteiger partial charge in [-0.1, -0.05) is 0 Å². The normalized spacial score (nSPS) is 12.6. The Bertz CT molecular complexity index is 305. The molecule has 1 atom stereocenters. The zero-order valence-electron chi connectivity index (χ0n) is 9.96. The van der Waals surface area contributed by atoms with Crippen LogP contribution in [0, 0.1) is 0 Å². The summed E-state index contributed by atoms with van der Waals surface area (Å²) in [5, 5.41) is 9.65. The van der Waals surface area contributed by atoms with Gasteiger partial charge in [0.2, 0.25) is 0 Å². The van der Waals surface area contributed by atoms with Crippen LogP contribution >= 0.6 is 11.8 Å². The van der Waals surface area contributed by atoms with Gasteiger partial charge in [0, 0.05) is 23.4 Å². The van der Waals surface area contributed by atoms with Crippen LogP contribution < -0.4 is 5.73 Å². The first-order valence-electron chi connectivity index (χ1n) is 5.45. The average Bonchev–Trinajstić information content (AvgIpc) is 2.34. The van der Waals surface area contributed by atoms with Gasteiger partial charge >= 0.3 is 0 Å². The number of thioether (sulfide) groups is 1. The summed E-state index contributed by atoms with van der Waals surface area (Å²) < 4.78 is 10.1. The zero-order chi connectivity index (χ0) is 12.5. The van der Waals surface area contributed by atoms with E-state index in [2.05, 4.69) is 0 Å². The van der Waals surface area contributed by atoms with Crippen LogP contribution in [-0.2, 0) is 9.47 Å². The SMILES string of the molecule is COCCOCC(O)CSc1ccc(N)cc1. The molecule has 0 spiro atoms. The molecule has 0 aliphatic rings. The second-order valence-corrected chi connectivity index (χ2v) is 4.69. The first kappa shape index (κ1) is 14.3. The maximum atomic E-state index is 9.65. The summed E-state index contributed by atoms with van der Waals surface area (Å²) in [6.07, 6.45) is -0.464. The smallest absolute Gasteiger partial charge is 0.0867 e. The summed E-state index contributed by atoms with van der Waals surface area (Å²) in [6.45, 7) is 1.41. The van der Waals surface area contributed by atoms with Gasteiger partial charge in [-0.15, -0.1) is 11.8 Å². The van der Waals surface area contributed by atoms with Crippen LogP contribution in [0.2, 0.25) is 0 Å². The van der Waals surface area contributed by atoms with E-state index in [-0.39, 0.29) is 0 Å². The third-order valence-electron chi connectivity index (χ3n) is 2.06. The molecule has 0 fully saturated rings. The van der Waals surface area contributed by atoms with Crippen LogP contribution in [0.3, 0.4) is 0 Å². The van der Waals surface area contributed by atoms with E-state index in [1.807, 2.05) is 24.3 Å². The van der Waals surface area contributed by atoms with Crippen LogP contribution in [0.25, 0.3) is 0 Å². The van der Waals surface area contributed by atoms with Crippen molar-refractivity contribution in [2.75, 3.05) is 38.4 Å². The van der Waals surface area contributed by atoms with Crippen molar-refractivity contribution in [2.45, 2.75) is 11.0 Å². The Morgan fingerprint density at radius 3 is 2.65 bits per heavy atom. The molecule has 1 aromatic carbocycles. The van der Waals surface area contributed by atoms with Crippen molar-refractivity contribution in [3.8, 4) is 0 Å². The highest BCUT2D eigenvalue weighted by Crippen LogP contribution is 2.19. The molecule has 0 saturated heterocycles. The number of aliphatic hydroxyl groups excluding tert-OH is 1. The molecule has 0 bridgehead atoms. The minimum absolute atomic E-state index is 0.339. The van der Waals surface area contributed by atoms with Gasteiger partial charge in [-0.25, -0.2) is 0 Å². The van der Waals surface area contributed by atoms with Crippen LogP contribution in [0.4, 0.5) is 5.69 Å². The van der Waals surface area contributed by atoms with Crippen molar-refractivity contribution in [2.24, 2.45) is 0 Å². The van der Waals surface area contributed by atoms with Gasteiger partial charge in [0.25, 0.3) is 0 Å². The van der Waals surface area contributed by atoms with E-state index in [0.717, 1.165) is 10.6 Å². The molecule has 0 radical (unpaired) electrons. The van der Waals surface area contributed by atoms with E-state index < -0.39 is 6.10 Å². The molecular weight excluding hydrogens is 238 g/mol. The number of hydrogen-bond donors (Lipinski definition) is 2. The molecule has 1 unspecified atom stereocenters. The van der Waals surface area contributed by atoms with Crippen molar-refractivity contribution >= 4 is 17.4 Å². The van der Waals surface area contributed by atoms with Crippen molar-refractivity contribution in [1.29, 1.82) is 0 Å². The molecule has 5 heteroatoms. The van der Waals surface area contributed by atoms with E-state index in [1.165, 1.54) is 0 Å². The van der Waals surface area contributed by atoms with Crippen molar-refractivity contribution in [3.63, 3.8) is 0 Å². The Morgan fingerprint density at radius 2 is 2.00 bits per heavy atom. The summed E-state index contributed by atoms with van der Waals surface area (Å²) in [6, 6.07) is 7.59. The lowest BCUT2D eigenvalue weighted by Crippen LogP contribution is -2.19. The van der Waals surface area contributed by atoms with Gasteiger partial charge in [0.15, 0.2) is 0 Å². The molecule has 17 heavy (non-hydrogen) atoms. The first-order valence-corrected chi connectivity index (χ1v) is 6.44. The van der Waals surface area contributed by atoms with E-state index >= 15 is 0 Å². The van der Waals surface area contributed by atoms with E-state index in [9.17, 15) is 5.11 Å². The number of benzene rings is 1. The number of nitrogen functional groups attached to an aromatic ring is 1. The fourth-order valence-electron chi connectivity index (χ4n) is 1.17. The zero-order valence-corrected chi connectivity index (χ0v) is 10.8. The second kappa shape index (κ2) is 8.36. The summed E-state index contributed by atoms with van der Waals surface area (Å²) >= 11 is 1.58. The van der Waals surface area contributed by atoms with Crippen molar-refractivity contribution in [3.05, 3.63) is 24.3 Å². The van der Waals surface area contributed by atoms with E-state index in [1.54, 1.807) is 18.9 Å².